The molecule has 2 rings (SSSR count). The minimum Gasteiger partial charge on any atom is -0.406 e. The van der Waals surface area contributed by atoms with Crippen LogP contribution in [0.1, 0.15) is 13.3 Å². The Bertz CT molecular complexity index is 429. The molecule has 0 aromatic heterocycles. The van der Waals surface area contributed by atoms with Crippen LogP contribution < -0.4 is 9.64 Å². The molecule has 1 aromatic rings. The Balaban J connectivity index is 1.98. The minimum atomic E-state index is -4.64. The first-order valence-corrected chi connectivity index (χ1v) is 6.81. The van der Waals surface area contributed by atoms with Crippen molar-refractivity contribution in [1.82, 2.24) is 4.90 Å². The van der Waals surface area contributed by atoms with E-state index in [1.807, 2.05) is 6.07 Å². The summed E-state index contributed by atoms with van der Waals surface area (Å²) < 4.78 is 40.6. The summed E-state index contributed by atoms with van der Waals surface area (Å²) in [5, 5.41) is 0. The summed E-state index contributed by atoms with van der Waals surface area (Å²) in [5.74, 6) is -0.161. The monoisotopic (exact) mass is 288 g/mol. The lowest BCUT2D eigenvalue weighted by Crippen LogP contribution is -2.46. The van der Waals surface area contributed by atoms with Crippen LogP contribution in [0.3, 0.4) is 0 Å². The van der Waals surface area contributed by atoms with E-state index in [1.165, 1.54) is 12.1 Å². The highest BCUT2D eigenvalue weighted by Crippen LogP contribution is 2.27. The van der Waals surface area contributed by atoms with Crippen molar-refractivity contribution in [2.24, 2.45) is 0 Å². The molecule has 0 atom stereocenters. The SMILES string of the molecule is CCCN1CCN(c2cccc(OC(F)(F)F)c2)CC1. The molecular weight excluding hydrogens is 269 g/mol. The molecule has 0 amide bonds. The summed E-state index contributed by atoms with van der Waals surface area (Å²) in [5.41, 5.74) is 0.780. The standard InChI is InChI=1S/C14H19F3N2O/c1-2-6-18-7-9-19(10-8-18)12-4-3-5-13(11-12)20-14(15,16)17/h3-5,11H,2,6-10H2,1H3. The van der Waals surface area contributed by atoms with Crippen LogP contribution in [0.15, 0.2) is 24.3 Å². The fraction of sp³-hybridized carbons (Fsp3) is 0.571. The molecule has 1 fully saturated rings. The predicted molar refractivity (Wildman–Crippen MR) is 72.1 cm³/mol. The van der Waals surface area contributed by atoms with Crippen molar-refractivity contribution in [2.75, 3.05) is 37.6 Å². The normalized spacial score (nSPS) is 17.3. The van der Waals surface area contributed by atoms with Crippen molar-refractivity contribution < 1.29 is 17.9 Å². The second-order valence-corrected chi connectivity index (χ2v) is 4.87. The van der Waals surface area contributed by atoms with Crippen LogP contribution in [0.4, 0.5) is 18.9 Å². The second-order valence-electron chi connectivity index (χ2n) is 4.87. The van der Waals surface area contributed by atoms with E-state index in [9.17, 15) is 13.2 Å². The third-order valence-electron chi connectivity index (χ3n) is 3.33. The fourth-order valence-corrected chi connectivity index (χ4v) is 2.42. The third-order valence-corrected chi connectivity index (χ3v) is 3.33. The van der Waals surface area contributed by atoms with Gasteiger partial charge in [0.15, 0.2) is 0 Å². The Morgan fingerprint density at radius 2 is 1.85 bits per heavy atom. The van der Waals surface area contributed by atoms with Crippen LogP contribution in [0.25, 0.3) is 0 Å². The van der Waals surface area contributed by atoms with Crippen molar-refractivity contribution >= 4 is 5.69 Å². The Morgan fingerprint density at radius 3 is 2.45 bits per heavy atom. The van der Waals surface area contributed by atoms with Crippen LogP contribution in [-0.2, 0) is 0 Å². The largest absolute Gasteiger partial charge is 0.573 e. The molecule has 0 unspecified atom stereocenters. The van der Waals surface area contributed by atoms with Crippen molar-refractivity contribution in [3.8, 4) is 5.75 Å². The van der Waals surface area contributed by atoms with Crippen LogP contribution in [0, 0.1) is 0 Å². The first-order chi connectivity index (χ1) is 9.48. The van der Waals surface area contributed by atoms with Gasteiger partial charge in [-0.3, -0.25) is 4.90 Å². The van der Waals surface area contributed by atoms with Gasteiger partial charge < -0.3 is 9.64 Å². The average molecular weight is 288 g/mol. The zero-order valence-electron chi connectivity index (χ0n) is 11.5. The highest BCUT2D eigenvalue weighted by molar-refractivity contribution is 5.51. The highest BCUT2D eigenvalue weighted by atomic mass is 19.4. The van der Waals surface area contributed by atoms with E-state index in [0.29, 0.717) is 0 Å². The van der Waals surface area contributed by atoms with Crippen LogP contribution >= 0.6 is 0 Å². The van der Waals surface area contributed by atoms with Crippen LogP contribution in [0.5, 0.6) is 5.75 Å². The highest BCUT2D eigenvalue weighted by Gasteiger charge is 2.31. The number of hydrogen-bond donors (Lipinski definition) is 0. The number of alkyl halides is 3. The van der Waals surface area contributed by atoms with E-state index in [4.69, 9.17) is 0 Å². The summed E-state index contributed by atoms with van der Waals surface area (Å²) in [6, 6.07) is 6.18. The van der Waals surface area contributed by atoms with Gasteiger partial charge in [0.1, 0.15) is 5.75 Å². The fourth-order valence-electron chi connectivity index (χ4n) is 2.42. The molecule has 1 aliphatic heterocycles. The second kappa shape index (κ2) is 6.35. The lowest BCUT2D eigenvalue weighted by Gasteiger charge is -2.36. The molecule has 0 bridgehead atoms. The summed E-state index contributed by atoms with van der Waals surface area (Å²) in [7, 11) is 0. The Hall–Kier alpha value is -1.43. The molecule has 3 nitrogen and oxygen atoms in total. The molecular formula is C14H19F3N2O. The number of benzene rings is 1. The number of hydrogen-bond acceptors (Lipinski definition) is 3. The smallest absolute Gasteiger partial charge is 0.406 e. The molecule has 1 heterocycles. The van der Waals surface area contributed by atoms with Gasteiger partial charge in [-0.2, -0.15) is 0 Å². The molecule has 1 aromatic carbocycles. The summed E-state index contributed by atoms with van der Waals surface area (Å²) in [4.78, 5) is 4.46. The molecule has 0 saturated carbocycles. The van der Waals surface area contributed by atoms with Crippen LogP contribution in [-0.4, -0.2) is 44.0 Å². The Kier molecular flexibility index (Phi) is 4.75. The van der Waals surface area contributed by atoms with Gasteiger partial charge in [-0.1, -0.05) is 13.0 Å². The summed E-state index contributed by atoms with van der Waals surface area (Å²) >= 11 is 0. The molecule has 0 aliphatic carbocycles. The topological polar surface area (TPSA) is 15.7 Å². The zero-order chi connectivity index (χ0) is 14.6. The minimum absolute atomic E-state index is 0.161. The molecule has 20 heavy (non-hydrogen) atoms. The molecule has 6 heteroatoms. The lowest BCUT2D eigenvalue weighted by molar-refractivity contribution is -0.274. The maximum atomic E-state index is 12.2. The van der Waals surface area contributed by atoms with E-state index < -0.39 is 6.36 Å². The van der Waals surface area contributed by atoms with E-state index >= 15 is 0 Å². The summed E-state index contributed by atoms with van der Waals surface area (Å²) in [6.45, 7) is 6.76. The third kappa shape index (κ3) is 4.30. The predicted octanol–water partition coefficient (Wildman–Crippen LogP) is 3.12. The maximum absolute atomic E-state index is 12.2. The van der Waals surface area contributed by atoms with Gasteiger partial charge >= 0.3 is 6.36 Å². The van der Waals surface area contributed by atoms with E-state index in [2.05, 4.69) is 21.5 Å². The Morgan fingerprint density at radius 1 is 1.15 bits per heavy atom. The van der Waals surface area contributed by atoms with Crippen molar-refractivity contribution in [3.63, 3.8) is 0 Å². The van der Waals surface area contributed by atoms with Gasteiger partial charge in [0.2, 0.25) is 0 Å². The number of ether oxygens (including phenoxy) is 1. The Labute approximate surface area is 116 Å². The van der Waals surface area contributed by atoms with Gasteiger partial charge in [0.05, 0.1) is 0 Å². The number of nitrogens with zero attached hydrogens (tertiary/aromatic N) is 2. The quantitative estimate of drug-likeness (QED) is 0.846. The van der Waals surface area contributed by atoms with Gasteiger partial charge in [0, 0.05) is 37.9 Å². The first-order valence-electron chi connectivity index (χ1n) is 6.81. The molecule has 112 valence electrons. The number of halogens is 3. The van der Waals surface area contributed by atoms with Gasteiger partial charge in [-0.15, -0.1) is 13.2 Å². The average Bonchev–Trinajstić information content (AvgIpc) is 2.38. The first kappa shape index (κ1) is 15.0. The van der Waals surface area contributed by atoms with E-state index in [-0.39, 0.29) is 5.75 Å². The summed E-state index contributed by atoms with van der Waals surface area (Å²) in [6.07, 6.45) is -3.52. The maximum Gasteiger partial charge on any atom is 0.573 e. The molecule has 1 saturated heterocycles. The number of rotatable bonds is 4. The zero-order valence-corrected chi connectivity index (χ0v) is 11.5. The molecule has 0 N–H and O–H groups in total. The van der Waals surface area contributed by atoms with Crippen LogP contribution in [0.2, 0.25) is 0 Å². The molecule has 1 aliphatic rings. The number of piperazine rings is 1. The van der Waals surface area contributed by atoms with Gasteiger partial charge in [-0.05, 0) is 25.1 Å². The lowest BCUT2D eigenvalue weighted by atomic mass is 10.2. The van der Waals surface area contributed by atoms with E-state index in [0.717, 1.165) is 44.8 Å². The van der Waals surface area contributed by atoms with Crippen molar-refractivity contribution in [3.05, 3.63) is 24.3 Å². The van der Waals surface area contributed by atoms with Crippen molar-refractivity contribution in [1.29, 1.82) is 0 Å². The molecule has 0 spiro atoms. The van der Waals surface area contributed by atoms with E-state index in [1.54, 1.807) is 6.07 Å². The molecule has 0 radical (unpaired) electrons. The van der Waals surface area contributed by atoms with Crippen molar-refractivity contribution in [2.45, 2.75) is 19.7 Å². The van der Waals surface area contributed by atoms with Gasteiger partial charge in [-0.25, -0.2) is 0 Å². The number of anilines is 1. The van der Waals surface area contributed by atoms with Gasteiger partial charge in [0.25, 0.3) is 0 Å².